The first-order valence-electron chi connectivity index (χ1n) is 14.7. The maximum Gasteiger partial charge on any atom is 0.164 e. The molecule has 0 radical (unpaired) electrons. The van der Waals surface area contributed by atoms with Gasteiger partial charge in [0.25, 0.3) is 0 Å². The van der Waals surface area contributed by atoms with Crippen molar-refractivity contribution in [3.8, 4) is 5.75 Å². The Balaban J connectivity index is 1.12. The van der Waals surface area contributed by atoms with E-state index in [4.69, 9.17) is 9.57 Å². The Bertz CT molecular complexity index is 1390. The van der Waals surface area contributed by atoms with E-state index in [-0.39, 0.29) is 5.56 Å². The molecule has 11 heteroatoms. The first-order valence-corrected chi connectivity index (χ1v) is 14.7. The molecule has 1 N–H and O–H groups in total. The van der Waals surface area contributed by atoms with Crippen LogP contribution >= 0.6 is 0 Å². The maximum absolute atomic E-state index is 14.6. The van der Waals surface area contributed by atoms with Gasteiger partial charge >= 0.3 is 0 Å². The van der Waals surface area contributed by atoms with Gasteiger partial charge in [0.1, 0.15) is 17.9 Å². The van der Waals surface area contributed by atoms with E-state index < -0.39 is 17.7 Å². The fourth-order valence-corrected chi connectivity index (χ4v) is 6.42. The normalized spacial score (nSPS) is 21.9. The van der Waals surface area contributed by atoms with Gasteiger partial charge in [-0.05, 0) is 51.6 Å². The van der Waals surface area contributed by atoms with Crippen molar-refractivity contribution in [2.45, 2.75) is 43.8 Å². The van der Waals surface area contributed by atoms with Crippen LogP contribution in [0.2, 0.25) is 0 Å². The molecular formula is C31H39F2N7O2. The molecule has 0 amide bonds. The highest BCUT2D eigenvalue weighted by Crippen LogP contribution is 2.37. The Hall–Kier alpha value is -3.54. The molecule has 3 saturated heterocycles. The van der Waals surface area contributed by atoms with E-state index in [1.54, 1.807) is 19.2 Å². The molecule has 0 spiro atoms. The van der Waals surface area contributed by atoms with Gasteiger partial charge in [-0.1, -0.05) is 12.1 Å². The van der Waals surface area contributed by atoms with Crippen molar-refractivity contribution in [1.29, 1.82) is 0 Å². The average Bonchev–Trinajstić information content (AvgIpc) is 3.70. The third-order valence-electron chi connectivity index (χ3n) is 8.84. The molecule has 4 heterocycles. The average molecular weight is 580 g/mol. The molecule has 3 aromatic rings. The predicted octanol–water partition coefficient (Wildman–Crippen LogP) is 4.99. The molecule has 224 valence electrons. The molecule has 2 atom stereocenters. The van der Waals surface area contributed by atoms with Crippen molar-refractivity contribution in [2.75, 3.05) is 69.3 Å². The van der Waals surface area contributed by atoms with Crippen LogP contribution in [0, 0.1) is 11.6 Å². The summed E-state index contributed by atoms with van der Waals surface area (Å²) in [5.74, 6) is -0.0581. The van der Waals surface area contributed by atoms with Crippen LogP contribution in [-0.4, -0.2) is 85.8 Å². The van der Waals surface area contributed by atoms with Crippen molar-refractivity contribution < 1.29 is 18.4 Å². The van der Waals surface area contributed by atoms with Crippen molar-refractivity contribution >= 4 is 23.0 Å². The lowest BCUT2D eigenvalue weighted by Crippen LogP contribution is -2.45. The molecule has 3 fully saturated rings. The van der Waals surface area contributed by atoms with Gasteiger partial charge in [0.05, 0.1) is 25.4 Å². The zero-order valence-electron chi connectivity index (χ0n) is 24.5. The van der Waals surface area contributed by atoms with Crippen LogP contribution in [-0.2, 0) is 4.84 Å². The number of hydrogen-bond acceptors (Lipinski definition) is 9. The summed E-state index contributed by atoms with van der Waals surface area (Å²) in [6.07, 6.45) is 5.50. The number of hydrogen-bond donors (Lipinski definition) is 1. The summed E-state index contributed by atoms with van der Waals surface area (Å²) in [4.78, 5) is 22.0. The van der Waals surface area contributed by atoms with Crippen LogP contribution in [0.5, 0.6) is 5.75 Å². The highest BCUT2D eigenvalue weighted by Gasteiger charge is 2.33. The molecule has 1 aromatic heterocycles. The number of aromatic nitrogens is 2. The fourth-order valence-electron chi connectivity index (χ4n) is 6.42. The van der Waals surface area contributed by atoms with Gasteiger partial charge in [-0.15, -0.1) is 0 Å². The van der Waals surface area contributed by atoms with Crippen LogP contribution in [0.1, 0.15) is 37.3 Å². The Morgan fingerprint density at radius 2 is 1.83 bits per heavy atom. The van der Waals surface area contributed by atoms with E-state index >= 15 is 0 Å². The van der Waals surface area contributed by atoms with Crippen LogP contribution in [0.15, 0.2) is 48.8 Å². The van der Waals surface area contributed by atoms with Crippen LogP contribution in [0.3, 0.4) is 0 Å². The minimum Gasteiger partial charge on any atom is -0.494 e. The van der Waals surface area contributed by atoms with E-state index in [9.17, 15) is 8.78 Å². The van der Waals surface area contributed by atoms with E-state index in [1.165, 1.54) is 37.0 Å². The highest BCUT2D eigenvalue weighted by atomic mass is 19.2. The number of anilines is 4. The number of likely N-dealkylation sites (tertiary alicyclic amines) is 1. The summed E-state index contributed by atoms with van der Waals surface area (Å²) in [5, 5.41) is 4.85. The molecule has 3 aliphatic rings. The van der Waals surface area contributed by atoms with Gasteiger partial charge in [0.2, 0.25) is 0 Å². The van der Waals surface area contributed by atoms with Gasteiger partial charge in [-0.25, -0.2) is 23.8 Å². The molecule has 6 rings (SSSR count). The SMILES string of the molecule is COc1cc(N2CCC(N3CCC(N(C)C)C3)CC2)ccc1Nc1cc(N2OCCC2c2cccc(F)c2F)ncn1. The zero-order valence-corrected chi connectivity index (χ0v) is 24.5. The molecule has 42 heavy (non-hydrogen) atoms. The standard InChI is InChI=1S/C31H39F2N7O2/c1-37(2)23-11-15-39(19-23)21-9-13-38(14-10-21)22-7-8-26(28(17-22)41-3)36-29-18-30(35-20-34-29)40-27(12-16-42-40)24-5-4-6-25(32)31(24)33/h4-8,17-18,20-21,23,27H,9-16,19H2,1-3H3,(H,34,35,36). The van der Waals surface area contributed by atoms with Crippen LogP contribution in [0.25, 0.3) is 0 Å². The van der Waals surface area contributed by atoms with Crippen molar-refractivity contribution in [3.05, 3.63) is 66.0 Å². The number of nitrogens with zero attached hydrogens (tertiary/aromatic N) is 6. The topological polar surface area (TPSA) is 69.2 Å². The number of nitrogens with one attached hydrogen (secondary N) is 1. The summed E-state index contributed by atoms with van der Waals surface area (Å²) in [6.45, 7) is 4.76. The number of likely N-dealkylation sites (N-methyl/N-ethyl adjacent to an activating group) is 1. The molecule has 9 nitrogen and oxygen atoms in total. The second kappa shape index (κ2) is 12.4. The third-order valence-corrected chi connectivity index (χ3v) is 8.84. The third kappa shape index (κ3) is 5.86. The number of rotatable bonds is 8. The Morgan fingerprint density at radius 1 is 1.00 bits per heavy atom. The van der Waals surface area contributed by atoms with E-state index in [2.05, 4.69) is 56.2 Å². The van der Waals surface area contributed by atoms with E-state index in [0.717, 1.165) is 43.4 Å². The van der Waals surface area contributed by atoms with Crippen LogP contribution < -0.4 is 20.0 Å². The fraction of sp³-hybridized carbons (Fsp3) is 0.484. The van der Waals surface area contributed by atoms with Crippen molar-refractivity contribution in [3.63, 3.8) is 0 Å². The van der Waals surface area contributed by atoms with Gasteiger partial charge in [-0.2, -0.15) is 0 Å². The zero-order chi connectivity index (χ0) is 29.2. The van der Waals surface area contributed by atoms with Crippen LogP contribution in [0.4, 0.5) is 31.8 Å². The first-order chi connectivity index (χ1) is 20.4. The van der Waals surface area contributed by atoms with Gasteiger partial charge in [0, 0.05) is 68.1 Å². The summed E-state index contributed by atoms with van der Waals surface area (Å²) in [7, 11) is 6.02. The van der Waals surface area contributed by atoms with Gasteiger partial charge in [-0.3, -0.25) is 9.74 Å². The number of benzene rings is 2. The molecule has 0 saturated carbocycles. The molecule has 0 bridgehead atoms. The molecule has 2 unspecified atom stereocenters. The molecule has 3 aliphatic heterocycles. The summed E-state index contributed by atoms with van der Waals surface area (Å²) < 4.78 is 34.2. The summed E-state index contributed by atoms with van der Waals surface area (Å²) >= 11 is 0. The van der Waals surface area contributed by atoms with Crippen molar-refractivity contribution in [2.24, 2.45) is 0 Å². The molecule has 2 aromatic carbocycles. The Kier molecular flexibility index (Phi) is 8.41. The summed E-state index contributed by atoms with van der Waals surface area (Å²) in [6, 6.07) is 12.9. The highest BCUT2D eigenvalue weighted by molar-refractivity contribution is 5.70. The lowest BCUT2D eigenvalue weighted by atomic mass is 10.0. The Morgan fingerprint density at radius 3 is 2.60 bits per heavy atom. The van der Waals surface area contributed by atoms with E-state index in [0.29, 0.717) is 42.5 Å². The number of ether oxygens (including phenoxy) is 1. The number of halogens is 2. The van der Waals surface area contributed by atoms with Crippen molar-refractivity contribution in [1.82, 2.24) is 19.8 Å². The molecule has 0 aliphatic carbocycles. The lowest BCUT2D eigenvalue weighted by Gasteiger charge is -2.38. The number of methoxy groups -OCH3 is 1. The summed E-state index contributed by atoms with van der Waals surface area (Å²) in [5.41, 5.74) is 2.14. The minimum atomic E-state index is -0.881. The largest absolute Gasteiger partial charge is 0.494 e. The maximum atomic E-state index is 14.6. The number of piperidine rings is 1. The quantitative estimate of drug-likeness (QED) is 0.397. The lowest BCUT2D eigenvalue weighted by molar-refractivity contribution is 0.156. The Labute approximate surface area is 246 Å². The monoisotopic (exact) mass is 579 g/mol. The second-order valence-electron chi connectivity index (χ2n) is 11.5. The number of hydroxylamine groups is 1. The second-order valence-corrected chi connectivity index (χ2v) is 11.5. The smallest absolute Gasteiger partial charge is 0.164 e. The van der Waals surface area contributed by atoms with Gasteiger partial charge < -0.3 is 19.9 Å². The van der Waals surface area contributed by atoms with Gasteiger partial charge in [0.15, 0.2) is 17.5 Å². The minimum absolute atomic E-state index is 0.236. The predicted molar refractivity (Wildman–Crippen MR) is 159 cm³/mol. The molecular weight excluding hydrogens is 540 g/mol. The first kappa shape index (κ1) is 28.6. The van der Waals surface area contributed by atoms with E-state index in [1.807, 2.05) is 6.07 Å².